The fourth-order valence-corrected chi connectivity index (χ4v) is 2.09. The van der Waals surface area contributed by atoms with Crippen LogP contribution in [0.3, 0.4) is 0 Å². The van der Waals surface area contributed by atoms with E-state index in [9.17, 15) is 18.0 Å². The quantitative estimate of drug-likeness (QED) is 0.661. The number of hydrogen-bond acceptors (Lipinski definition) is 6. The Bertz CT molecular complexity index is 687. The summed E-state index contributed by atoms with van der Waals surface area (Å²) in [4.78, 5) is 22.5. The van der Waals surface area contributed by atoms with Crippen LogP contribution in [0.25, 0.3) is 0 Å². The summed E-state index contributed by atoms with van der Waals surface area (Å²) < 4.78 is 33.0. The summed E-state index contributed by atoms with van der Waals surface area (Å²) in [6.45, 7) is 1.18. The van der Waals surface area contributed by atoms with Crippen LogP contribution < -0.4 is 20.5 Å². The molecule has 0 aliphatic rings. The van der Waals surface area contributed by atoms with Crippen LogP contribution in [0, 0.1) is 0 Å². The van der Waals surface area contributed by atoms with Crippen LogP contribution in [0.2, 0.25) is 0 Å². The topological polar surface area (TPSA) is 125 Å². The minimum Gasteiger partial charge on any atom is -0.493 e. The van der Waals surface area contributed by atoms with Crippen molar-refractivity contribution in [3.05, 3.63) is 23.8 Å². The molecule has 128 valence electrons. The lowest BCUT2D eigenvalue weighted by atomic mass is 10.2. The molecular formula is C14H20N2O6S. The Hall–Kier alpha value is -2.29. The number of hydrogen-bond donors (Lipinski definition) is 2. The van der Waals surface area contributed by atoms with Gasteiger partial charge in [0.1, 0.15) is 5.25 Å². The second-order valence-corrected chi connectivity index (χ2v) is 7.30. The number of carbonyl (C=O) groups excluding carboxylic acids is 2. The van der Waals surface area contributed by atoms with Crippen molar-refractivity contribution in [2.75, 3.05) is 20.0 Å². The number of nitrogens with one attached hydrogen (secondary N) is 1. The van der Waals surface area contributed by atoms with E-state index in [0.717, 1.165) is 6.26 Å². The number of methoxy groups -OCH3 is 1. The van der Waals surface area contributed by atoms with Crippen molar-refractivity contribution in [2.24, 2.45) is 5.73 Å². The Labute approximate surface area is 134 Å². The van der Waals surface area contributed by atoms with Gasteiger partial charge in [0.05, 0.1) is 7.11 Å². The lowest BCUT2D eigenvalue weighted by Gasteiger charge is -2.13. The second-order valence-electron chi connectivity index (χ2n) is 4.93. The third-order valence-electron chi connectivity index (χ3n) is 3.08. The van der Waals surface area contributed by atoms with Crippen molar-refractivity contribution < 1.29 is 27.5 Å². The first-order valence-corrected chi connectivity index (χ1v) is 8.65. The minimum absolute atomic E-state index is 0.130. The van der Waals surface area contributed by atoms with Gasteiger partial charge in [0.2, 0.25) is 5.91 Å². The molecule has 1 aromatic rings. The Morgan fingerprint density at radius 2 is 1.96 bits per heavy atom. The highest BCUT2D eigenvalue weighted by molar-refractivity contribution is 7.92. The molecule has 2 amide bonds. The second kappa shape index (κ2) is 7.82. The molecule has 0 heterocycles. The number of sulfone groups is 1. The van der Waals surface area contributed by atoms with E-state index in [1.807, 2.05) is 0 Å². The first kappa shape index (κ1) is 18.8. The number of carbonyl (C=O) groups is 2. The molecule has 0 bridgehead atoms. The van der Waals surface area contributed by atoms with Crippen molar-refractivity contribution in [1.29, 1.82) is 0 Å². The molecule has 3 N–H and O–H groups in total. The Morgan fingerprint density at radius 1 is 1.30 bits per heavy atom. The first-order chi connectivity index (χ1) is 10.6. The van der Waals surface area contributed by atoms with Gasteiger partial charge in [0, 0.05) is 12.8 Å². The fourth-order valence-electron chi connectivity index (χ4n) is 1.62. The van der Waals surface area contributed by atoms with Crippen LogP contribution in [0.1, 0.15) is 12.5 Å². The number of amides is 2. The van der Waals surface area contributed by atoms with Crippen LogP contribution in [-0.4, -0.2) is 45.5 Å². The lowest BCUT2D eigenvalue weighted by Crippen LogP contribution is -2.37. The molecule has 0 aromatic heterocycles. The number of ether oxygens (including phenoxy) is 2. The highest BCUT2D eigenvalue weighted by atomic mass is 32.2. The van der Waals surface area contributed by atoms with E-state index in [0.29, 0.717) is 17.1 Å². The van der Waals surface area contributed by atoms with Gasteiger partial charge in [-0.3, -0.25) is 9.59 Å². The summed E-state index contributed by atoms with van der Waals surface area (Å²) in [6, 6.07) is 4.84. The Morgan fingerprint density at radius 3 is 2.48 bits per heavy atom. The molecule has 1 aromatic carbocycles. The maximum absolute atomic E-state index is 11.8. The van der Waals surface area contributed by atoms with Crippen LogP contribution in [-0.2, 0) is 26.0 Å². The SMILES string of the molecule is COc1cc(CNC(=O)[C@H](C)S(C)(=O)=O)ccc1OCC(N)=O. The highest BCUT2D eigenvalue weighted by Gasteiger charge is 2.23. The van der Waals surface area contributed by atoms with E-state index in [1.54, 1.807) is 18.2 Å². The molecular weight excluding hydrogens is 324 g/mol. The van der Waals surface area contributed by atoms with Gasteiger partial charge in [0.25, 0.3) is 5.91 Å². The van der Waals surface area contributed by atoms with E-state index in [2.05, 4.69) is 5.32 Å². The standard InChI is InChI=1S/C14H20N2O6S/c1-9(23(3,19)20)14(18)16-7-10-4-5-11(12(6-10)21-2)22-8-13(15)17/h4-6,9H,7-8H2,1-3H3,(H2,15,17)(H,16,18)/t9-/m0/s1. The Balaban J connectivity index is 2.75. The molecule has 0 aliphatic heterocycles. The molecule has 23 heavy (non-hydrogen) atoms. The summed E-state index contributed by atoms with van der Waals surface area (Å²) in [7, 11) is -2.01. The number of primary amides is 1. The highest BCUT2D eigenvalue weighted by Crippen LogP contribution is 2.28. The van der Waals surface area contributed by atoms with E-state index >= 15 is 0 Å². The molecule has 0 spiro atoms. The zero-order chi connectivity index (χ0) is 17.6. The number of rotatable bonds is 8. The van der Waals surface area contributed by atoms with Gasteiger partial charge < -0.3 is 20.5 Å². The fraction of sp³-hybridized carbons (Fsp3) is 0.429. The maximum atomic E-state index is 11.8. The molecule has 0 saturated carbocycles. The molecule has 0 unspecified atom stereocenters. The molecule has 0 fully saturated rings. The van der Waals surface area contributed by atoms with Gasteiger partial charge in [-0.25, -0.2) is 8.42 Å². The van der Waals surface area contributed by atoms with Crippen molar-refractivity contribution in [3.63, 3.8) is 0 Å². The van der Waals surface area contributed by atoms with E-state index in [-0.39, 0.29) is 13.2 Å². The van der Waals surface area contributed by atoms with E-state index in [1.165, 1.54) is 14.0 Å². The minimum atomic E-state index is -3.44. The average Bonchev–Trinajstić information content (AvgIpc) is 2.48. The van der Waals surface area contributed by atoms with Crippen molar-refractivity contribution >= 4 is 21.7 Å². The third-order valence-corrected chi connectivity index (χ3v) is 4.57. The summed E-state index contributed by atoms with van der Waals surface area (Å²) in [5.74, 6) is -0.487. The summed E-state index contributed by atoms with van der Waals surface area (Å²) in [6.07, 6.45) is 1.01. The smallest absolute Gasteiger partial charge is 0.255 e. The maximum Gasteiger partial charge on any atom is 0.255 e. The van der Waals surface area contributed by atoms with Gasteiger partial charge >= 0.3 is 0 Å². The molecule has 0 aliphatic carbocycles. The monoisotopic (exact) mass is 344 g/mol. The molecule has 0 saturated heterocycles. The van der Waals surface area contributed by atoms with Gasteiger partial charge in [0.15, 0.2) is 27.9 Å². The summed E-state index contributed by atoms with van der Waals surface area (Å²) >= 11 is 0. The largest absolute Gasteiger partial charge is 0.493 e. The van der Waals surface area contributed by atoms with Crippen LogP contribution in [0.15, 0.2) is 18.2 Å². The molecule has 1 atom stereocenters. The van der Waals surface area contributed by atoms with Crippen LogP contribution in [0.4, 0.5) is 0 Å². The average molecular weight is 344 g/mol. The zero-order valence-electron chi connectivity index (χ0n) is 13.2. The van der Waals surface area contributed by atoms with E-state index in [4.69, 9.17) is 15.2 Å². The van der Waals surface area contributed by atoms with Crippen LogP contribution >= 0.6 is 0 Å². The molecule has 8 nitrogen and oxygen atoms in total. The number of nitrogens with two attached hydrogens (primary N) is 1. The predicted octanol–water partition coefficient (Wildman–Crippen LogP) is -0.391. The van der Waals surface area contributed by atoms with Gasteiger partial charge in [-0.2, -0.15) is 0 Å². The normalized spacial score (nSPS) is 12.3. The van der Waals surface area contributed by atoms with Crippen molar-refractivity contribution in [1.82, 2.24) is 5.32 Å². The zero-order valence-corrected chi connectivity index (χ0v) is 14.0. The predicted molar refractivity (Wildman–Crippen MR) is 83.8 cm³/mol. The first-order valence-electron chi connectivity index (χ1n) is 6.69. The Kier molecular flexibility index (Phi) is 6.38. The van der Waals surface area contributed by atoms with Gasteiger partial charge in [-0.05, 0) is 24.6 Å². The number of benzene rings is 1. The summed E-state index contributed by atoms with van der Waals surface area (Å²) in [5, 5.41) is 1.42. The third kappa shape index (κ3) is 5.78. The lowest BCUT2D eigenvalue weighted by molar-refractivity contribution is -0.121. The van der Waals surface area contributed by atoms with Crippen LogP contribution in [0.5, 0.6) is 11.5 Å². The van der Waals surface area contributed by atoms with Crippen molar-refractivity contribution in [2.45, 2.75) is 18.7 Å². The molecule has 1 rings (SSSR count). The van der Waals surface area contributed by atoms with Gasteiger partial charge in [-0.15, -0.1) is 0 Å². The molecule has 0 radical (unpaired) electrons. The summed E-state index contributed by atoms with van der Waals surface area (Å²) in [5.41, 5.74) is 5.69. The molecule has 9 heteroatoms. The van der Waals surface area contributed by atoms with E-state index < -0.39 is 26.9 Å². The van der Waals surface area contributed by atoms with Gasteiger partial charge in [-0.1, -0.05) is 6.07 Å². The van der Waals surface area contributed by atoms with Crippen molar-refractivity contribution in [3.8, 4) is 11.5 Å².